The highest BCUT2D eigenvalue weighted by atomic mass is 19.1. The molecule has 0 radical (unpaired) electrons. The van der Waals surface area contributed by atoms with Gasteiger partial charge in [0.25, 0.3) is 5.91 Å². The number of hydrogen-bond donors (Lipinski definition) is 5. The van der Waals surface area contributed by atoms with Crippen LogP contribution in [-0.2, 0) is 4.74 Å². The number of nitrogens with zero attached hydrogens (tertiary/aromatic N) is 2. The Labute approximate surface area is 205 Å². The predicted octanol–water partition coefficient (Wildman–Crippen LogP) is 3.51. The molecule has 0 bridgehead atoms. The molecule has 11 heteroatoms. The fourth-order valence-corrected chi connectivity index (χ4v) is 3.28. The first-order chi connectivity index (χ1) is 16.3. The Morgan fingerprint density at radius 1 is 1.20 bits per heavy atom. The fraction of sp³-hybridized carbons (Fsp3) is 0.500. The maximum Gasteiger partial charge on any atom is 0.407 e. The highest BCUT2D eigenvalue weighted by Gasteiger charge is 2.25. The summed E-state index contributed by atoms with van der Waals surface area (Å²) in [4.78, 5) is 32.8. The van der Waals surface area contributed by atoms with Gasteiger partial charge in [-0.05, 0) is 78.6 Å². The molecule has 35 heavy (non-hydrogen) atoms. The number of aryl methyl sites for hydroxylation is 2. The standard InChI is InChI=1S/C24H36FN7O3/c1-13-10-16(12-28-14(13)2)30-21-17(20(27)33)11-18(25)22(32-21)31-19(8-7-9-26)15(3)29-23(34)35-24(4,5)6/h10-12,15,19H,7-9,26H2,1-6H3,(H2,27,33)(H,29,34)(H2,30,31,32)/t15-,19+/m0/s1. The van der Waals surface area contributed by atoms with Gasteiger partial charge < -0.3 is 32.2 Å². The maximum absolute atomic E-state index is 15.0. The van der Waals surface area contributed by atoms with Gasteiger partial charge in [-0.1, -0.05) is 0 Å². The van der Waals surface area contributed by atoms with Gasteiger partial charge in [-0.2, -0.15) is 0 Å². The second kappa shape index (κ2) is 11.8. The van der Waals surface area contributed by atoms with Crippen molar-refractivity contribution in [3.63, 3.8) is 0 Å². The number of aromatic nitrogens is 2. The predicted molar refractivity (Wildman–Crippen MR) is 134 cm³/mol. The molecule has 0 aliphatic carbocycles. The van der Waals surface area contributed by atoms with E-state index in [1.54, 1.807) is 33.9 Å². The lowest BCUT2D eigenvalue weighted by atomic mass is 10.0. The Morgan fingerprint density at radius 3 is 2.46 bits per heavy atom. The molecule has 0 fully saturated rings. The number of alkyl carbamates (subject to hydrolysis) is 1. The zero-order valence-corrected chi connectivity index (χ0v) is 21.2. The van der Waals surface area contributed by atoms with E-state index in [-0.39, 0.29) is 17.2 Å². The molecule has 192 valence electrons. The minimum Gasteiger partial charge on any atom is -0.444 e. The minimum atomic E-state index is -0.832. The Balaban J connectivity index is 2.34. The van der Waals surface area contributed by atoms with Gasteiger partial charge in [0.1, 0.15) is 11.4 Å². The van der Waals surface area contributed by atoms with Crippen molar-refractivity contribution in [1.29, 1.82) is 0 Å². The first-order valence-electron chi connectivity index (χ1n) is 11.5. The van der Waals surface area contributed by atoms with Crippen LogP contribution in [0.4, 0.5) is 26.5 Å². The summed E-state index contributed by atoms with van der Waals surface area (Å²) in [6.07, 6.45) is 2.14. The van der Waals surface area contributed by atoms with Crippen LogP contribution in [0.15, 0.2) is 18.3 Å². The lowest BCUT2D eigenvalue weighted by molar-refractivity contribution is 0.0502. The van der Waals surface area contributed by atoms with E-state index >= 15 is 0 Å². The van der Waals surface area contributed by atoms with Gasteiger partial charge in [-0.3, -0.25) is 9.78 Å². The van der Waals surface area contributed by atoms with Gasteiger partial charge in [-0.15, -0.1) is 0 Å². The van der Waals surface area contributed by atoms with Crippen molar-refractivity contribution >= 4 is 29.3 Å². The van der Waals surface area contributed by atoms with Crippen LogP contribution in [0.1, 0.15) is 62.2 Å². The van der Waals surface area contributed by atoms with Gasteiger partial charge >= 0.3 is 6.09 Å². The number of hydrogen-bond acceptors (Lipinski definition) is 8. The minimum absolute atomic E-state index is 0.0804. The van der Waals surface area contributed by atoms with Crippen molar-refractivity contribution in [3.8, 4) is 0 Å². The summed E-state index contributed by atoms with van der Waals surface area (Å²) in [5, 5.41) is 8.81. The average Bonchev–Trinajstić information content (AvgIpc) is 2.73. The molecule has 0 aliphatic rings. The monoisotopic (exact) mass is 489 g/mol. The van der Waals surface area contributed by atoms with Crippen LogP contribution in [-0.4, -0.2) is 46.2 Å². The van der Waals surface area contributed by atoms with Crippen molar-refractivity contribution in [2.75, 3.05) is 17.2 Å². The second-order valence-corrected chi connectivity index (χ2v) is 9.45. The zero-order chi connectivity index (χ0) is 26.3. The third kappa shape index (κ3) is 8.36. The van der Waals surface area contributed by atoms with E-state index in [1.165, 1.54) is 0 Å². The molecule has 2 rings (SSSR count). The molecular weight excluding hydrogens is 453 g/mol. The summed E-state index contributed by atoms with van der Waals surface area (Å²) in [6, 6.07) is 1.99. The summed E-state index contributed by atoms with van der Waals surface area (Å²) in [6.45, 7) is 11.3. The topological polar surface area (TPSA) is 157 Å². The number of nitrogens with two attached hydrogens (primary N) is 2. The molecular formula is C24H36FN7O3. The molecule has 0 saturated heterocycles. The van der Waals surface area contributed by atoms with E-state index in [0.717, 1.165) is 17.3 Å². The highest BCUT2D eigenvalue weighted by Crippen LogP contribution is 2.25. The lowest BCUT2D eigenvalue weighted by Crippen LogP contribution is -2.47. The first kappa shape index (κ1) is 27.8. The number of amides is 2. The van der Waals surface area contributed by atoms with Crippen LogP contribution in [0.2, 0.25) is 0 Å². The molecule has 2 aromatic rings. The van der Waals surface area contributed by atoms with Crippen LogP contribution in [0.3, 0.4) is 0 Å². The smallest absolute Gasteiger partial charge is 0.407 e. The summed E-state index contributed by atoms with van der Waals surface area (Å²) < 4.78 is 20.3. The molecule has 0 aliphatic heterocycles. The van der Waals surface area contributed by atoms with Gasteiger partial charge in [0, 0.05) is 17.8 Å². The van der Waals surface area contributed by atoms with Gasteiger partial charge in [0.2, 0.25) is 0 Å². The van der Waals surface area contributed by atoms with Gasteiger partial charge in [0.05, 0.1) is 17.4 Å². The zero-order valence-electron chi connectivity index (χ0n) is 21.2. The third-order valence-corrected chi connectivity index (χ3v) is 5.23. The molecule has 2 aromatic heterocycles. The van der Waals surface area contributed by atoms with Crippen molar-refractivity contribution in [2.24, 2.45) is 11.5 Å². The Hall–Kier alpha value is -3.47. The molecule has 7 N–H and O–H groups in total. The van der Waals surface area contributed by atoms with Crippen molar-refractivity contribution in [2.45, 2.75) is 72.1 Å². The van der Waals surface area contributed by atoms with E-state index in [0.29, 0.717) is 25.1 Å². The number of nitrogens with one attached hydrogen (secondary N) is 3. The van der Waals surface area contributed by atoms with Gasteiger partial charge in [-0.25, -0.2) is 14.2 Å². The summed E-state index contributed by atoms with van der Waals surface area (Å²) >= 11 is 0. The highest BCUT2D eigenvalue weighted by molar-refractivity contribution is 5.98. The summed E-state index contributed by atoms with van der Waals surface area (Å²) in [5.41, 5.74) is 12.7. The maximum atomic E-state index is 15.0. The largest absolute Gasteiger partial charge is 0.444 e. The van der Waals surface area contributed by atoms with Crippen LogP contribution in [0, 0.1) is 19.7 Å². The fourth-order valence-electron chi connectivity index (χ4n) is 3.28. The van der Waals surface area contributed by atoms with Crippen molar-refractivity contribution in [1.82, 2.24) is 15.3 Å². The molecule has 0 spiro atoms. The van der Waals surface area contributed by atoms with Crippen LogP contribution in [0.5, 0.6) is 0 Å². The van der Waals surface area contributed by atoms with E-state index in [9.17, 15) is 14.0 Å². The average molecular weight is 490 g/mol. The number of anilines is 3. The van der Waals surface area contributed by atoms with Crippen molar-refractivity contribution < 1.29 is 18.7 Å². The molecule has 2 atom stereocenters. The molecule has 10 nitrogen and oxygen atoms in total. The van der Waals surface area contributed by atoms with E-state index in [4.69, 9.17) is 16.2 Å². The molecule has 0 saturated carbocycles. The number of pyridine rings is 2. The third-order valence-electron chi connectivity index (χ3n) is 5.23. The summed E-state index contributed by atoms with van der Waals surface area (Å²) in [5.74, 6) is -1.61. The normalized spacial score (nSPS) is 13.0. The van der Waals surface area contributed by atoms with Crippen molar-refractivity contribution in [3.05, 3.63) is 41.0 Å². The number of carbonyl (C=O) groups excluding carboxylic acids is 2. The molecule has 2 amide bonds. The Morgan fingerprint density at radius 2 is 1.89 bits per heavy atom. The number of ether oxygens (including phenoxy) is 1. The van der Waals surface area contributed by atoms with Gasteiger partial charge in [0.15, 0.2) is 11.6 Å². The summed E-state index contributed by atoms with van der Waals surface area (Å²) in [7, 11) is 0. The Bertz CT molecular complexity index is 1060. The van der Waals surface area contributed by atoms with E-state index < -0.39 is 35.5 Å². The lowest BCUT2D eigenvalue weighted by Gasteiger charge is -2.28. The number of halogens is 1. The molecule has 0 aromatic carbocycles. The SMILES string of the molecule is Cc1cc(Nc2nc(N[C@H](CCCN)[C@H](C)NC(=O)OC(C)(C)C)c(F)cc2C(N)=O)cnc1C. The number of primary amides is 1. The molecule has 2 heterocycles. The Kier molecular flexibility index (Phi) is 9.35. The number of carbonyl (C=O) groups is 2. The second-order valence-electron chi connectivity index (χ2n) is 9.45. The van der Waals surface area contributed by atoms with Crippen LogP contribution in [0.25, 0.3) is 0 Å². The molecule has 0 unspecified atom stereocenters. The number of rotatable bonds is 10. The van der Waals surface area contributed by atoms with E-state index in [1.807, 2.05) is 19.9 Å². The van der Waals surface area contributed by atoms with Crippen LogP contribution < -0.4 is 27.4 Å². The van der Waals surface area contributed by atoms with E-state index in [2.05, 4.69) is 25.9 Å². The first-order valence-corrected chi connectivity index (χ1v) is 11.5. The quantitative estimate of drug-likeness (QED) is 0.339. The van der Waals surface area contributed by atoms with Crippen LogP contribution >= 0.6 is 0 Å².